The molecule has 3 aromatic rings. The number of aromatic nitrogens is 3. The molecule has 0 bridgehead atoms. The molecule has 0 spiro atoms. The van der Waals surface area contributed by atoms with Crippen LogP contribution in [0.3, 0.4) is 0 Å². The molecule has 3 N–H and O–H groups in total. The van der Waals surface area contributed by atoms with Crippen molar-refractivity contribution >= 4 is 23.2 Å². The van der Waals surface area contributed by atoms with Gasteiger partial charge in [-0.15, -0.1) is 0 Å². The quantitative estimate of drug-likeness (QED) is 0.458. The van der Waals surface area contributed by atoms with Crippen LogP contribution < -0.4 is 16.0 Å². The molecule has 2 amide bonds. The molecular formula is C23H25F3N6O2. The highest BCUT2D eigenvalue weighted by Gasteiger charge is 2.31. The number of hydrogen-bond donors (Lipinski definition) is 3. The maximum absolute atomic E-state index is 13.2. The number of anilines is 2. The Morgan fingerprint density at radius 1 is 1.09 bits per heavy atom. The van der Waals surface area contributed by atoms with Gasteiger partial charge >= 0.3 is 6.18 Å². The van der Waals surface area contributed by atoms with Gasteiger partial charge in [0.2, 0.25) is 5.91 Å². The zero-order valence-corrected chi connectivity index (χ0v) is 18.9. The molecule has 3 rings (SSSR count). The molecule has 1 heterocycles. The first-order valence-electron chi connectivity index (χ1n) is 10.5. The van der Waals surface area contributed by atoms with Crippen LogP contribution in [-0.4, -0.2) is 39.7 Å². The average molecular weight is 474 g/mol. The fraction of sp³-hybridized carbons (Fsp3) is 0.304. The van der Waals surface area contributed by atoms with Crippen molar-refractivity contribution in [1.82, 2.24) is 20.1 Å². The Bertz CT molecular complexity index is 1160. The lowest BCUT2D eigenvalue weighted by molar-refractivity contribution is -0.137. The minimum atomic E-state index is -4.57. The zero-order chi connectivity index (χ0) is 24.9. The molecule has 0 fully saturated rings. The Kier molecular flexibility index (Phi) is 7.54. The van der Waals surface area contributed by atoms with E-state index < -0.39 is 17.6 Å². The molecule has 0 aliphatic rings. The van der Waals surface area contributed by atoms with E-state index in [1.807, 2.05) is 13.8 Å². The van der Waals surface area contributed by atoms with Crippen LogP contribution in [-0.2, 0) is 11.0 Å². The number of amides is 2. The van der Waals surface area contributed by atoms with E-state index in [-0.39, 0.29) is 23.8 Å². The molecule has 34 heavy (non-hydrogen) atoms. The van der Waals surface area contributed by atoms with Crippen molar-refractivity contribution < 1.29 is 22.8 Å². The average Bonchev–Trinajstić information content (AvgIpc) is 3.30. The molecule has 0 radical (unpaired) electrons. The summed E-state index contributed by atoms with van der Waals surface area (Å²) < 4.78 is 40.8. The summed E-state index contributed by atoms with van der Waals surface area (Å²) in [4.78, 5) is 28.6. The second-order valence-corrected chi connectivity index (χ2v) is 8.11. The molecule has 0 unspecified atom stereocenters. The second kappa shape index (κ2) is 10.4. The van der Waals surface area contributed by atoms with Crippen molar-refractivity contribution in [3.8, 4) is 5.69 Å². The van der Waals surface area contributed by atoms with Crippen LogP contribution in [0.5, 0.6) is 0 Å². The lowest BCUT2D eigenvalue weighted by Gasteiger charge is -2.15. The van der Waals surface area contributed by atoms with Gasteiger partial charge in [-0.3, -0.25) is 9.59 Å². The Hall–Kier alpha value is -3.89. The third kappa shape index (κ3) is 6.33. The van der Waals surface area contributed by atoms with Crippen LogP contribution in [0.4, 0.5) is 24.5 Å². The molecule has 0 atom stereocenters. The molecule has 0 saturated heterocycles. The van der Waals surface area contributed by atoms with E-state index >= 15 is 0 Å². The number of alkyl halides is 3. The summed E-state index contributed by atoms with van der Waals surface area (Å²) in [7, 11) is 0. The van der Waals surface area contributed by atoms with Crippen molar-refractivity contribution in [3.05, 3.63) is 65.7 Å². The van der Waals surface area contributed by atoms with Crippen LogP contribution in [0.1, 0.15) is 35.3 Å². The lowest BCUT2D eigenvalue weighted by atomic mass is 10.1. The Labute approximate surface area is 194 Å². The number of carbonyl (C=O) groups is 2. The first-order chi connectivity index (χ1) is 16.0. The first kappa shape index (κ1) is 24.7. The molecule has 180 valence electrons. The van der Waals surface area contributed by atoms with E-state index in [1.165, 1.54) is 23.4 Å². The van der Waals surface area contributed by atoms with Gasteiger partial charge in [-0.25, -0.2) is 9.67 Å². The minimum absolute atomic E-state index is 0.0546. The van der Waals surface area contributed by atoms with Crippen LogP contribution >= 0.6 is 0 Å². The standard InChI is InChI=1S/C23H25F3N6O2/c1-14(2)10-29-22(34)16-4-6-18(15(3)8-16)28-11-21(33)31-19-9-17(23(24,25)26)5-7-20(19)32-13-27-12-30-32/h4-9,12-14,28H,10-11H2,1-3H3,(H,29,34)(H,31,33). The summed E-state index contributed by atoms with van der Waals surface area (Å²) in [6, 6.07) is 7.99. The van der Waals surface area contributed by atoms with Crippen LogP contribution in [0.25, 0.3) is 5.69 Å². The summed E-state index contributed by atoms with van der Waals surface area (Å²) in [5.41, 5.74) is 1.15. The van der Waals surface area contributed by atoms with Crippen LogP contribution in [0, 0.1) is 12.8 Å². The molecule has 0 saturated carbocycles. The highest BCUT2D eigenvalue weighted by Crippen LogP contribution is 2.33. The molecule has 2 aromatic carbocycles. The van der Waals surface area contributed by atoms with E-state index in [0.717, 1.165) is 17.7 Å². The fourth-order valence-corrected chi connectivity index (χ4v) is 3.12. The highest BCUT2D eigenvalue weighted by atomic mass is 19.4. The van der Waals surface area contributed by atoms with Gasteiger partial charge in [0.05, 0.1) is 23.5 Å². The third-order valence-electron chi connectivity index (χ3n) is 4.86. The van der Waals surface area contributed by atoms with E-state index in [4.69, 9.17) is 0 Å². The summed E-state index contributed by atoms with van der Waals surface area (Å²) in [6.45, 7) is 6.14. The lowest BCUT2D eigenvalue weighted by Crippen LogP contribution is -2.27. The van der Waals surface area contributed by atoms with Crippen molar-refractivity contribution in [1.29, 1.82) is 0 Å². The van der Waals surface area contributed by atoms with E-state index in [2.05, 4.69) is 26.0 Å². The van der Waals surface area contributed by atoms with Crippen molar-refractivity contribution in [2.75, 3.05) is 23.7 Å². The van der Waals surface area contributed by atoms with Crippen molar-refractivity contribution in [2.45, 2.75) is 26.9 Å². The Morgan fingerprint density at radius 2 is 1.85 bits per heavy atom. The van der Waals surface area contributed by atoms with Gasteiger partial charge in [-0.1, -0.05) is 13.8 Å². The Balaban J connectivity index is 1.70. The SMILES string of the molecule is Cc1cc(C(=O)NCC(C)C)ccc1NCC(=O)Nc1cc(C(F)(F)F)ccc1-n1cncn1. The number of hydrogen-bond acceptors (Lipinski definition) is 5. The number of halogens is 3. The van der Waals surface area contributed by atoms with Gasteiger partial charge in [0.15, 0.2) is 0 Å². The fourth-order valence-electron chi connectivity index (χ4n) is 3.12. The molecule has 0 aliphatic heterocycles. The summed E-state index contributed by atoms with van der Waals surface area (Å²) in [6.07, 6.45) is -2.02. The van der Waals surface area contributed by atoms with Crippen molar-refractivity contribution in [2.24, 2.45) is 5.92 Å². The maximum atomic E-state index is 13.2. The van der Waals surface area contributed by atoms with Gasteiger partial charge in [-0.2, -0.15) is 18.3 Å². The number of nitrogens with zero attached hydrogens (tertiary/aromatic N) is 3. The number of rotatable bonds is 8. The number of carbonyl (C=O) groups excluding carboxylic acids is 2. The van der Waals surface area contributed by atoms with E-state index in [1.54, 1.807) is 25.1 Å². The highest BCUT2D eigenvalue weighted by molar-refractivity contribution is 5.96. The Morgan fingerprint density at radius 3 is 2.47 bits per heavy atom. The van der Waals surface area contributed by atoms with E-state index in [9.17, 15) is 22.8 Å². The predicted molar refractivity (Wildman–Crippen MR) is 122 cm³/mol. The third-order valence-corrected chi connectivity index (χ3v) is 4.86. The normalized spacial score (nSPS) is 11.4. The summed E-state index contributed by atoms with van der Waals surface area (Å²) >= 11 is 0. The number of benzene rings is 2. The van der Waals surface area contributed by atoms with Crippen LogP contribution in [0.2, 0.25) is 0 Å². The topological polar surface area (TPSA) is 101 Å². The van der Waals surface area contributed by atoms with Crippen LogP contribution in [0.15, 0.2) is 49.1 Å². The van der Waals surface area contributed by atoms with Gasteiger partial charge in [0.25, 0.3) is 5.91 Å². The van der Waals surface area contributed by atoms with E-state index in [0.29, 0.717) is 23.7 Å². The largest absolute Gasteiger partial charge is 0.416 e. The smallest absolute Gasteiger partial charge is 0.376 e. The zero-order valence-electron chi connectivity index (χ0n) is 18.9. The summed E-state index contributed by atoms with van der Waals surface area (Å²) in [5, 5.41) is 12.2. The van der Waals surface area contributed by atoms with Gasteiger partial charge < -0.3 is 16.0 Å². The van der Waals surface area contributed by atoms with Gasteiger partial charge in [-0.05, 0) is 54.8 Å². The number of nitrogens with one attached hydrogen (secondary N) is 3. The predicted octanol–water partition coefficient (Wildman–Crippen LogP) is 4.03. The van der Waals surface area contributed by atoms with Gasteiger partial charge in [0.1, 0.15) is 12.7 Å². The summed E-state index contributed by atoms with van der Waals surface area (Å²) in [5.74, 6) is -0.420. The first-order valence-corrected chi connectivity index (χ1v) is 10.5. The number of aryl methyl sites for hydroxylation is 1. The molecule has 8 nitrogen and oxygen atoms in total. The maximum Gasteiger partial charge on any atom is 0.416 e. The second-order valence-electron chi connectivity index (χ2n) is 8.11. The monoisotopic (exact) mass is 474 g/mol. The minimum Gasteiger partial charge on any atom is -0.376 e. The molecular weight excluding hydrogens is 449 g/mol. The molecule has 0 aliphatic carbocycles. The van der Waals surface area contributed by atoms with Gasteiger partial charge in [0, 0.05) is 17.8 Å². The van der Waals surface area contributed by atoms with Crippen molar-refractivity contribution in [3.63, 3.8) is 0 Å². The molecule has 1 aromatic heterocycles. The molecule has 11 heteroatoms.